The van der Waals surface area contributed by atoms with Crippen LogP contribution in [0.15, 0.2) is 29.7 Å². The van der Waals surface area contributed by atoms with Crippen LogP contribution in [0.5, 0.6) is 0 Å². The maximum Gasteiger partial charge on any atom is 0.233 e. The Morgan fingerprint density at radius 1 is 1.32 bits per heavy atom. The van der Waals surface area contributed by atoms with E-state index in [-0.39, 0.29) is 11.2 Å². The number of hydrogen-bond donors (Lipinski definition) is 1. The zero-order chi connectivity index (χ0) is 18.1. The van der Waals surface area contributed by atoms with Crippen LogP contribution < -0.4 is 5.32 Å². The Kier molecular flexibility index (Phi) is 7.87. The molecule has 8 heteroatoms. The van der Waals surface area contributed by atoms with Gasteiger partial charge in [-0.1, -0.05) is 11.8 Å². The topological polar surface area (TPSA) is 81.9 Å². The van der Waals surface area contributed by atoms with Gasteiger partial charge in [-0.25, -0.2) is 0 Å². The van der Waals surface area contributed by atoms with Crippen molar-refractivity contribution in [2.24, 2.45) is 0 Å². The van der Waals surface area contributed by atoms with Gasteiger partial charge in [0, 0.05) is 44.3 Å². The van der Waals surface area contributed by atoms with E-state index in [4.69, 9.17) is 4.74 Å². The van der Waals surface area contributed by atoms with E-state index in [0.717, 1.165) is 29.5 Å². The van der Waals surface area contributed by atoms with E-state index < -0.39 is 0 Å². The van der Waals surface area contributed by atoms with Gasteiger partial charge in [-0.2, -0.15) is 0 Å². The largest absolute Gasteiger partial charge is 0.382 e. The minimum atomic E-state index is -0.236. The van der Waals surface area contributed by atoms with Crippen LogP contribution in [0.3, 0.4) is 0 Å². The third kappa shape index (κ3) is 5.54. The maximum atomic E-state index is 12.0. The predicted octanol–water partition coefficient (Wildman–Crippen LogP) is 2.38. The van der Waals surface area contributed by atoms with Crippen LogP contribution in [-0.4, -0.2) is 50.7 Å². The third-order valence-electron chi connectivity index (χ3n) is 3.53. The van der Waals surface area contributed by atoms with Gasteiger partial charge in [0.25, 0.3) is 0 Å². The number of hydrogen-bond acceptors (Lipinski definition) is 6. The highest BCUT2D eigenvalue weighted by atomic mass is 32.2. The standard InChI is InChI=1S/C17H25N5O2S/c1-4-19-16(23)13(3)25-17-21-20-15(14-7-9-18-10-8-14)22(17)11-6-12-24-5-2/h7-10,13H,4-6,11-12H2,1-3H3,(H,19,23)/t13-/m1/s1. The second-order valence-corrected chi connectivity index (χ2v) is 6.71. The number of amides is 1. The van der Waals surface area contributed by atoms with Crippen LogP contribution in [0.2, 0.25) is 0 Å². The van der Waals surface area contributed by atoms with Gasteiger partial charge in [0.1, 0.15) is 0 Å². The average molecular weight is 363 g/mol. The van der Waals surface area contributed by atoms with Crippen molar-refractivity contribution in [1.29, 1.82) is 0 Å². The summed E-state index contributed by atoms with van der Waals surface area (Å²) in [6, 6.07) is 3.81. The van der Waals surface area contributed by atoms with Gasteiger partial charge in [0.2, 0.25) is 5.91 Å². The van der Waals surface area contributed by atoms with E-state index in [2.05, 4.69) is 25.1 Å². The lowest BCUT2D eigenvalue weighted by Crippen LogP contribution is -2.30. The highest BCUT2D eigenvalue weighted by molar-refractivity contribution is 8.00. The first-order valence-corrected chi connectivity index (χ1v) is 9.41. The molecule has 1 N–H and O–H groups in total. The minimum Gasteiger partial charge on any atom is -0.382 e. The lowest BCUT2D eigenvalue weighted by Gasteiger charge is -2.13. The smallest absolute Gasteiger partial charge is 0.233 e. The second-order valence-electron chi connectivity index (χ2n) is 5.40. The molecule has 0 aliphatic carbocycles. The first kappa shape index (κ1) is 19.4. The Bertz CT molecular complexity index is 662. The van der Waals surface area contributed by atoms with Crippen molar-refractivity contribution in [3.05, 3.63) is 24.5 Å². The summed E-state index contributed by atoms with van der Waals surface area (Å²) in [5.74, 6) is 0.784. The molecule has 0 saturated heterocycles. The van der Waals surface area contributed by atoms with E-state index in [9.17, 15) is 4.79 Å². The van der Waals surface area contributed by atoms with Crippen LogP contribution in [0, 0.1) is 0 Å². The lowest BCUT2D eigenvalue weighted by atomic mass is 10.2. The molecule has 2 heterocycles. The van der Waals surface area contributed by atoms with E-state index in [1.807, 2.05) is 32.9 Å². The molecule has 2 aromatic heterocycles. The third-order valence-corrected chi connectivity index (χ3v) is 4.61. The van der Waals surface area contributed by atoms with Crippen molar-refractivity contribution < 1.29 is 9.53 Å². The van der Waals surface area contributed by atoms with Gasteiger partial charge in [0.15, 0.2) is 11.0 Å². The monoisotopic (exact) mass is 363 g/mol. The summed E-state index contributed by atoms with van der Waals surface area (Å²) in [6.07, 6.45) is 4.32. The first-order valence-electron chi connectivity index (χ1n) is 8.53. The fourth-order valence-corrected chi connectivity index (χ4v) is 3.19. The van der Waals surface area contributed by atoms with Gasteiger partial charge in [-0.3, -0.25) is 9.78 Å². The summed E-state index contributed by atoms with van der Waals surface area (Å²) in [7, 11) is 0. The number of ether oxygens (including phenoxy) is 1. The van der Waals surface area contributed by atoms with Gasteiger partial charge < -0.3 is 14.6 Å². The Balaban J connectivity index is 2.20. The number of pyridine rings is 1. The van der Waals surface area contributed by atoms with Crippen molar-refractivity contribution in [3.63, 3.8) is 0 Å². The summed E-state index contributed by atoms with van der Waals surface area (Å²) in [4.78, 5) is 16.1. The molecule has 136 valence electrons. The highest BCUT2D eigenvalue weighted by Gasteiger charge is 2.20. The van der Waals surface area contributed by atoms with Crippen LogP contribution >= 0.6 is 11.8 Å². The lowest BCUT2D eigenvalue weighted by molar-refractivity contribution is -0.120. The van der Waals surface area contributed by atoms with Crippen LogP contribution in [0.4, 0.5) is 0 Å². The average Bonchev–Trinajstić information content (AvgIpc) is 3.02. The van der Waals surface area contributed by atoms with E-state index in [1.165, 1.54) is 11.8 Å². The zero-order valence-corrected chi connectivity index (χ0v) is 15.8. The number of nitrogens with one attached hydrogen (secondary N) is 1. The molecule has 2 rings (SSSR count). The molecule has 0 bridgehead atoms. The highest BCUT2D eigenvalue weighted by Crippen LogP contribution is 2.27. The summed E-state index contributed by atoms with van der Waals surface area (Å²) >= 11 is 1.42. The Morgan fingerprint density at radius 2 is 2.08 bits per heavy atom. The summed E-state index contributed by atoms with van der Waals surface area (Å²) in [6.45, 7) is 8.50. The molecule has 25 heavy (non-hydrogen) atoms. The molecule has 1 atom stereocenters. The zero-order valence-electron chi connectivity index (χ0n) is 14.9. The summed E-state index contributed by atoms with van der Waals surface area (Å²) in [5, 5.41) is 12.0. The molecule has 0 aliphatic rings. The van der Waals surface area contributed by atoms with E-state index in [1.54, 1.807) is 12.4 Å². The molecule has 0 spiro atoms. The molecule has 0 fully saturated rings. The second kappa shape index (κ2) is 10.1. The van der Waals surface area contributed by atoms with Crippen molar-refractivity contribution >= 4 is 17.7 Å². The number of rotatable bonds is 10. The quantitative estimate of drug-likeness (QED) is 0.515. The van der Waals surface area contributed by atoms with Crippen molar-refractivity contribution in [2.45, 2.75) is 44.1 Å². The molecule has 0 saturated carbocycles. The molecule has 2 aromatic rings. The molecule has 0 radical (unpaired) electrons. The Labute approximate surface area is 152 Å². The van der Waals surface area contributed by atoms with Gasteiger partial charge in [-0.15, -0.1) is 10.2 Å². The summed E-state index contributed by atoms with van der Waals surface area (Å²) in [5.41, 5.74) is 0.955. The van der Waals surface area contributed by atoms with E-state index in [0.29, 0.717) is 19.8 Å². The van der Waals surface area contributed by atoms with Gasteiger partial charge >= 0.3 is 0 Å². The normalized spacial score (nSPS) is 12.1. The molecule has 1 amide bonds. The minimum absolute atomic E-state index is 0.00169. The Hall–Kier alpha value is -1.93. The molecule has 0 aromatic carbocycles. The number of carbonyl (C=O) groups excluding carboxylic acids is 1. The van der Waals surface area contributed by atoms with Crippen LogP contribution in [0.25, 0.3) is 11.4 Å². The number of thioether (sulfide) groups is 1. The fraction of sp³-hybridized carbons (Fsp3) is 0.529. The maximum absolute atomic E-state index is 12.0. The van der Waals surface area contributed by atoms with Crippen LogP contribution in [0.1, 0.15) is 27.2 Å². The molecular formula is C17H25N5O2S. The Morgan fingerprint density at radius 3 is 2.76 bits per heavy atom. The van der Waals surface area contributed by atoms with Crippen LogP contribution in [-0.2, 0) is 16.1 Å². The SMILES string of the molecule is CCNC(=O)[C@@H](C)Sc1nnc(-c2ccncc2)n1CCCOCC. The number of nitrogens with zero attached hydrogens (tertiary/aromatic N) is 4. The number of carbonyl (C=O) groups is 1. The molecule has 0 aliphatic heterocycles. The van der Waals surface area contributed by atoms with Crippen molar-refractivity contribution in [2.75, 3.05) is 19.8 Å². The van der Waals surface area contributed by atoms with E-state index >= 15 is 0 Å². The first-order chi connectivity index (χ1) is 12.2. The predicted molar refractivity (Wildman–Crippen MR) is 98.4 cm³/mol. The van der Waals surface area contributed by atoms with Crippen molar-refractivity contribution in [3.8, 4) is 11.4 Å². The van der Waals surface area contributed by atoms with Gasteiger partial charge in [0.05, 0.1) is 5.25 Å². The summed E-state index contributed by atoms with van der Waals surface area (Å²) < 4.78 is 7.48. The number of aromatic nitrogens is 4. The molecule has 7 nitrogen and oxygen atoms in total. The molecule has 0 unspecified atom stereocenters. The fourth-order valence-electron chi connectivity index (χ4n) is 2.29. The molecular weight excluding hydrogens is 338 g/mol. The van der Waals surface area contributed by atoms with Crippen molar-refractivity contribution in [1.82, 2.24) is 25.1 Å². The van der Waals surface area contributed by atoms with Gasteiger partial charge in [-0.05, 0) is 39.3 Å².